The third-order valence-electron chi connectivity index (χ3n) is 3.62. The quantitative estimate of drug-likeness (QED) is 0.857. The van der Waals surface area contributed by atoms with Crippen molar-refractivity contribution >= 4 is 17.5 Å². The number of halogens is 2. The molecule has 1 atom stereocenters. The lowest BCUT2D eigenvalue weighted by Gasteiger charge is -2.18. The van der Waals surface area contributed by atoms with Gasteiger partial charge in [-0.1, -0.05) is 54.4 Å². The third kappa shape index (κ3) is 4.08. The summed E-state index contributed by atoms with van der Waals surface area (Å²) in [5.74, 6) is -0.689. The molecule has 2 aromatic rings. The maximum Gasteiger partial charge on any atom is 0.225 e. The molecule has 4 heteroatoms. The van der Waals surface area contributed by atoms with Gasteiger partial charge in [-0.05, 0) is 31.0 Å². The predicted octanol–water partition coefficient (Wildman–Crippen LogP) is 4.60. The topological polar surface area (TPSA) is 29.1 Å². The lowest BCUT2D eigenvalue weighted by Crippen LogP contribution is -2.29. The Morgan fingerprint density at radius 3 is 2.50 bits per heavy atom. The zero-order chi connectivity index (χ0) is 16.1. The van der Waals surface area contributed by atoms with Crippen molar-refractivity contribution < 1.29 is 9.18 Å². The van der Waals surface area contributed by atoms with E-state index in [1.165, 1.54) is 17.7 Å². The standard InChI is InChI=1S/C18H19ClFNO/c1-3-17(13-9-7-12(2)8-10-13)21-18(22)11-14-15(19)5-4-6-16(14)20/h4-10,17H,3,11H2,1-2H3,(H,21,22). The van der Waals surface area contributed by atoms with Gasteiger partial charge in [0.2, 0.25) is 5.91 Å². The minimum absolute atomic E-state index is 0.0616. The number of nitrogens with one attached hydrogen (secondary N) is 1. The zero-order valence-electron chi connectivity index (χ0n) is 12.7. The molecule has 0 saturated heterocycles. The molecule has 0 saturated carbocycles. The Morgan fingerprint density at radius 1 is 1.23 bits per heavy atom. The molecule has 1 amide bonds. The van der Waals surface area contributed by atoms with Gasteiger partial charge < -0.3 is 5.32 Å². The first kappa shape index (κ1) is 16.5. The van der Waals surface area contributed by atoms with Crippen molar-refractivity contribution in [3.63, 3.8) is 0 Å². The highest BCUT2D eigenvalue weighted by atomic mass is 35.5. The summed E-state index contributed by atoms with van der Waals surface area (Å²) in [6.45, 7) is 4.02. The van der Waals surface area contributed by atoms with E-state index in [-0.39, 0.29) is 29.0 Å². The Labute approximate surface area is 135 Å². The van der Waals surface area contributed by atoms with Crippen LogP contribution in [-0.4, -0.2) is 5.91 Å². The molecule has 0 aliphatic heterocycles. The molecule has 0 bridgehead atoms. The average molecular weight is 320 g/mol. The van der Waals surface area contributed by atoms with E-state index in [1.807, 2.05) is 38.1 Å². The van der Waals surface area contributed by atoms with Crippen LogP contribution in [0.25, 0.3) is 0 Å². The van der Waals surface area contributed by atoms with Crippen molar-refractivity contribution in [1.29, 1.82) is 0 Å². The molecule has 2 nitrogen and oxygen atoms in total. The number of hydrogen-bond donors (Lipinski definition) is 1. The second-order valence-electron chi connectivity index (χ2n) is 5.32. The minimum Gasteiger partial charge on any atom is -0.349 e. The molecular weight excluding hydrogens is 301 g/mol. The highest BCUT2D eigenvalue weighted by molar-refractivity contribution is 6.31. The van der Waals surface area contributed by atoms with Crippen LogP contribution in [0, 0.1) is 12.7 Å². The van der Waals surface area contributed by atoms with Crippen LogP contribution in [-0.2, 0) is 11.2 Å². The Kier molecular flexibility index (Phi) is 5.56. The van der Waals surface area contributed by atoms with Gasteiger partial charge in [0.1, 0.15) is 5.82 Å². The van der Waals surface area contributed by atoms with Gasteiger partial charge in [0.05, 0.1) is 12.5 Å². The molecule has 0 fully saturated rings. The Hall–Kier alpha value is -1.87. The van der Waals surface area contributed by atoms with Crippen molar-refractivity contribution in [2.75, 3.05) is 0 Å². The molecule has 0 aromatic heterocycles. The molecular formula is C18H19ClFNO. The van der Waals surface area contributed by atoms with Gasteiger partial charge in [0.25, 0.3) is 0 Å². The number of benzene rings is 2. The Bertz CT molecular complexity index is 634. The van der Waals surface area contributed by atoms with Crippen molar-refractivity contribution in [3.05, 3.63) is 70.0 Å². The van der Waals surface area contributed by atoms with Crippen LogP contribution < -0.4 is 5.32 Å². The van der Waals surface area contributed by atoms with Gasteiger partial charge >= 0.3 is 0 Å². The Balaban J connectivity index is 2.08. The van der Waals surface area contributed by atoms with Gasteiger partial charge in [-0.3, -0.25) is 4.79 Å². The number of amides is 1. The molecule has 0 aliphatic carbocycles. The van der Waals surface area contributed by atoms with Crippen molar-refractivity contribution in [1.82, 2.24) is 5.32 Å². The summed E-state index contributed by atoms with van der Waals surface area (Å²) in [7, 11) is 0. The molecule has 1 unspecified atom stereocenters. The largest absolute Gasteiger partial charge is 0.349 e. The molecule has 2 aromatic carbocycles. The van der Waals surface area contributed by atoms with Gasteiger partial charge in [-0.2, -0.15) is 0 Å². The Morgan fingerprint density at radius 2 is 1.91 bits per heavy atom. The molecule has 0 heterocycles. The minimum atomic E-state index is -0.453. The van der Waals surface area contributed by atoms with Crippen LogP contribution >= 0.6 is 11.6 Å². The van der Waals surface area contributed by atoms with Crippen LogP contribution in [0.3, 0.4) is 0 Å². The smallest absolute Gasteiger partial charge is 0.225 e. The SMILES string of the molecule is CCC(NC(=O)Cc1c(F)cccc1Cl)c1ccc(C)cc1. The predicted molar refractivity (Wildman–Crippen MR) is 87.5 cm³/mol. The van der Waals surface area contributed by atoms with E-state index in [0.29, 0.717) is 0 Å². The highest BCUT2D eigenvalue weighted by Crippen LogP contribution is 2.21. The second kappa shape index (κ2) is 7.41. The number of carbonyl (C=O) groups is 1. The van der Waals surface area contributed by atoms with Crippen LogP contribution in [0.1, 0.15) is 36.1 Å². The molecule has 116 valence electrons. The van der Waals surface area contributed by atoms with Gasteiger partial charge in [-0.15, -0.1) is 0 Å². The van der Waals surface area contributed by atoms with Crippen LogP contribution in [0.15, 0.2) is 42.5 Å². The number of carbonyl (C=O) groups excluding carboxylic acids is 1. The molecule has 0 spiro atoms. The lowest BCUT2D eigenvalue weighted by molar-refractivity contribution is -0.121. The fourth-order valence-electron chi connectivity index (χ4n) is 2.33. The zero-order valence-corrected chi connectivity index (χ0v) is 13.5. The summed E-state index contributed by atoms with van der Waals surface area (Å²) in [5.41, 5.74) is 2.45. The van der Waals surface area contributed by atoms with Crippen molar-refractivity contribution in [3.8, 4) is 0 Å². The van der Waals surface area contributed by atoms with Gasteiger partial charge in [0.15, 0.2) is 0 Å². The number of hydrogen-bond acceptors (Lipinski definition) is 1. The average Bonchev–Trinajstić information content (AvgIpc) is 2.50. The van der Waals surface area contributed by atoms with E-state index >= 15 is 0 Å². The van der Waals surface area contributed by atoms with Gasteiger partial charge in [0, 0.05) is 10.6 Å². The first-order chi connectivity index (χ1) is 10.5. The monoisotopic (exact) mass is 319 g/mol. The van der Waals surface area contributed by atoms with E-state index in [0.717, 1.165) is 12.0 Å². The fraction of sp³-hybridized carbons (Fsp3) is 0.278. The van der Waals surface area contributed by atoms with E-state index in [9.17, 15) is 9.18 Å². The summed E-state index contributed by atoms with van der Waals surface area (Å²) < 4.78 is 13.7. The fourth-order valence-corrected chi connectivity index (χ4v) is 2.56. The van der Waals surface area contributed by atoms with Crippen LogP contribution in [0.2, 0.25) is 5.02 Å². The van der Waals surface area contributed by atoms with Crippen molar-refractivity contribution in [2.24, 2.45) is 0 Å². The number of rotatable bonds is 5. The maximum absolute atomic E-state index is 13.7. The summed E-state index contributed by atoms with van der Waals surface area (Å²) in [4.78, 5) is 12.2. The summed E-state index contributed by atoms with van der Waals surface area (Å²) in [5, 5.41) is 3.22. The second-order valence-corrected chi connectivity index (χ2v) is 5.72. The molecule has 1 N–H and O–H groups in total. The lowest BCUT2D eigenvalue weighted by atomic mass is 10.0. The normalized spacial score (nSPS) is 12.0. The van der Waals surface area contributed by atoms with E-state index in [1.54, 1.807) is 6.07 Å². The van der Waals surface area contributed by atoms with Crippen LogP contribution in [0.5, 0.6) is 0 Å². The summed E-state index contributed by atoms with van der Waals surface area (Å²) in [6.07, 6.45) is 0.702. The highest BCUT2D eigenvalue weighted by Gasteiger charge is 2.16. The van der Waals surface area contributed by atoms with Crippen LogP contribution in [0.4, 0.5) is 4.39 Å². The molecule has 0 aliphatic rings. The molecule has 0 radical (unpaired) electrons. The number of aryl methyl sites for hydroxylation is 1. The summed E-state index contributed by atoms with van der Waals surface area (Å²) in [6, 6.07) is 12.4. The van der Waals surface area contributed by atoms with E-state index in [2.05, 4.69) is 5.32 Å². The maximum atomic E-state index is 13.7. The summed E-state index contributed by atoms with van der Waals surface area (Å²) >= 11 is 5.96. The first-order valence-electron chi connectivity index (χ1n) is 7.30. The van der Waals surface area contributed by atoms with Crippen molar-refractivity contribution in [2.45, 2.75) is 32.7 Å². The van der Waals surface area contributed by atoms with Gasteiger partial charge in [-0.25, -0.2) is 4.39 Å². The molecule has 2 rings (SSSR count). The molecule has 22 heavy (non-hydrogen) atoms. The van der Waals surface area contributed by atoms with E-state index < -0.39 is 5.82 Å². The first-order valence-corrected chi connectivity index (χ1v) is 7.68. The third-order valence-corrected chi connectivity index (χ3v) is 3.98. The van der Waals surface area contributed by atoms with E-state index in [4.69, 9.17) is 11.6 Å².